The number of carbonyl (C=O) groups is 1. The number of nitrogens with zero attached hydrogens (tertiary/aromatic N) is 3. The van der Waals surface area contributed by atoms with E-state index in [1.807, 2.05) is 23.2 Å². The van der Waals surface area contributed by atoms with Crippen LogP contribution in [0.3, 0.4) is 0 Å². The number of carbonyl (C=O) groups excluding carboxylic acids is 1. The highest BCUT2D eigenvalue weighted by Gasteiger charge is 2.46. The summed E-state index contributed by atoms with van der Waals surface area (Å²) in [5, 5.41) is 4.09. The number of rotatable bonds is 3. The number of ether oxygens (including phenoxy) is 1. The quantitative estimate of drug-likeness (QED) is 0.654. The van der Waals surface area contributed by atoms with E-state index in [2.05, 4.69) is 34.4 Å². The first-order valence-corrected chi connectivity index (χ1v) is 10.6. The maximum Gasteiger partial charge on any atom is 0.280 e. The number of fused-ring (bicyclic) bond motifs is 2. The Labute approximate surface area is 174 Å². The lowest BCUT2D eigenvalue weighted by Gasteiger charge is -2.34. The molecule has 2 aliphatic heterocycles. The first-order chi connectivity index (χ1) is 14.7. The normalized spacial score (nSPS) is 19.8. The SMILES string of the molecule is O=C(c1cc(C2CC2)on1)N1CC2(CCOCC2)c2cc(-c3cccnc3)ccc21. The molecule has 4 heterocycles. The van der Waals surface area contributed by atoms with Gasteiger partial charge in [0.05, 0.1) is 0 Å². The van der Waals surface area contributed by atoms with Crippen molar-refractivity contribution < 1.29 is 14.1 Å². The zero-order valence-electron chi connectivity index (χ0n) is 16.7. The second kappa shape index (κ2) is 6.77. The Hall–Kier alpha value is -2.99. The van der Waals surface area contributed by atoms with Crippen LogP contribution in [-0.2, 0) is 10.2 Å². The highest BCUT2D eigenvalue weighted by Crippen LogP contribution is 2.48. The third-order valence-corrected chi connectivity index (χ3v) is 6.74. The number of pyridine rings is 1. The van der Waals surface area contributed by atoms with Gasteiger partial charge in [0.15, 0.2) is 5.69 Å². The van der Waals surface area contributed by atoms with Crippen molar-refractivity contribution in [1.82, 2.24) is 10.1 Å². The molecule has 0 N–H and O–H groups in total. The third kappa shape index (κ3) is 2.86. The number of hydrogen-bond donors (Lipinski definition) is 0. The first-order valence-electron chi connectivity index (χ1n) is 10.6. The summed E-state index contributed by atoms with van der Waals surface area (Å²) in [6.45, 7) is 2.09. The van der Waals surface area contributed by atoms with Crippen LogP contribution < -0.4 is 4.90 Å². The molecule has 0 unspecified atom stereocenters. The Kier molecular flexibility index (Phi) is 4.03. The second-order valence-corrected chi connectivity index (χ2v) is 8.65. The van der Waals surface area contributed by atoms with Gasteiger partial charge in [0.2, 0.25) is 0 Å². The Morgan fingerprint density at radius 2 is 1.97 bits per heavy atom. The van der Waals surface area contributed by atoms with E-state index < -0.39 is 0 Å². The van der Waals surface area contributed by atoms with Gasteiger partial charge >= 0.3 is 0 Å². The van der Waals surface area contributed by atoms with Gasteiger partial charge in [0.25, 0.3) is 5.91 Å². The van der Waals surface area contributed by atoms with E-state index in [1.165, 1.54) is 5.56 Å². The molecule has 1 saturated carbocycles. The summed E-state index contributed by atoms with van der Waals surface area (Å²) in [5.74, 6) is 1.20. The molecule has 3 aromatic rings. The summed E-state index contributed by atoms with van der Waals surface area (Å²) < 4.78 is 11.1. The maximum atomic E-state index is 13.4. The number of benzene rings is 1. The smallest absolute Gasteiger partial charge is 0.280 e. The molecule has 1 amide bonds. The third-order valence-electron chi connectivity index (χ3n) is 6.74. The predicted octanol–water partition coefficient (Wildman–Crippen LogP) is 4.32. The zero-order valence-corrected chi connectivity index (χ0v) is 16.7. The standard InChI is InChI=1S/C24H23N3O3/c28-23(20-13-22(30-26-20)16-3-4-16)27-15-24(7-10-29-11-8-24)19-12-17(5-6-21(19)27)18-2-1-9-25-14-18/h1-2,5-6,9,12-14,16H,3-4,7-8,10-11,15H2. The molecule has 6 nitrogen and oxygen atoms in total. The number of anilines is 1. The highest BCUT2D eigenvalue weighted by atomic mass is 16.5. The molecule has 2 fully saturated rings. The molecule has 0 radical (unpaired) electrons. The molecular formula is C24H23N3O3. The fraction of sp³-hybridized carbons (Fsp3) is 0.375. The molecule has 6 rings (SSSR count). The Balaban J connectivity index is 1.40. The topological polar surface area (TPSA) is 68.5 Å². The van der Waals surface area contributed by atoms with E-state index in [9.17, 15) is 4.79 Å². The van der Waals surface area contributed by atoms with Gasteiger partial charge in [-0.3, -0.25) is 9.78 Å². The van der Waals surface area contributed by atoms with Gasteiger partial charge in [0.1, 0.15) is 5.76 Å². The molecule has 2 aromatic heterocycles. The lowest BCUT2D eigenvalue weighted by molar-refractivity contribution is 0.0546. The molecular weight excluding hydrogens is 378 g/mol. The fourth-order valence-electron chi connectivity index (χ4n) is 4.84. The van der Waals surface area contributed by atoms with Crippen molar-refractivity contribution in [2.24, 2.45) is 0 Å². The number of amides is 1. The molecule has 1 spiro atoms. The van der Waals surface area contributed by atoms with Crippen LogP contribution in [0.4, 0.5) is 5.69 Å². The molecule has 152 valence electrons. The second-order valence-electron chi connectivity index (χ2n) is 8.65. The molecule has 0 atom stereocenters. The maximum absolute atomic E-state index is 13.4. The molecule has 1 aliphatic carbocycles. The van der Waals surface area contributed by atoms with Gasteiger partial charge in [-0.25, -0.2) is 0 Å². The van der Waals surface area contributed by atoms with E-state index in [1.54, 1.807) is 6.20 Å². The average Bonchev–Trinajstić information content (AvgIpc) is 3.46. The average molecular weight is 401 g/mol. The van der Waals surface area contributed by atoms with Gasteiger partial charge in [-0.15, -0.1) is 0 Å². The van der Waals surface area contributed by atoms with E-state index in [4.69, 9.17) is 9.26 Å². The molecule has 0 bridgehead atoms. The summed E-state index contributed by atoms with van der Waals surface area (Å²) in [5.41, 5.74) is 4.74. The summed E-state index contributed by atoms with van der Waals surface area (Å²) >= 11 is 0. The van der Waals surface area contributed by atoms with Gasteiger partial charge in [0, 0.05) is 55.2 Å². The number of aromatic nitrogens is 2. The van der Waals surface area contributed by atoms with Gasteiger partial charge < -0.3 is 14.2 Å². The number of hydrogen-bond acceptors (Lipinski definition) is 5. The van der Waals surface area contributed by atoms with Crippen molar-refractivity contribution in [3.63, 3.8) is 0 Å². The van der Waals surface area contributed by atoms with Crippen LogP contribution in [0.1, 0.15) is 53.4 Å². The van der Waals surface area contributed by atoms with Crippen LogP contribution in [0.2, 0.25) is 0 Å². The molecule has 3 aliphatic rings. The van der Waals surface area contributed by atoms with Gasteiger partial charge in [-0.2, -0.15) is 0 Å². The lowest BCUT2D eigenvalue weighted by atomic mass is 9.75. The van der Waals surface area contributed by atoms with Crippen LogP contribution in [0.25, 0.3) is 11.1 Å². The van der Waals surface area contributed by atoms with Gasteiger partial charge in [-0.1, -0.05) is 17.3 Å². The molecule has 1 saturated heterocycles. The van der Waals surface area contributed by atoms with E-state index in [0.717, 1.165) is 48.3 Å². The van der Waals surface area contributed by atoms with Gasteiger partial charge in [-0.05, 0) is 60.6 Å². The highest BCUT2D eigenvalue weighted by molar-refractivity contribution is 6.06. The molecule has 30 heavy (non-hydrogen) atoms. The summed E-state index contributed by atoms with van der Waals surface area (Å²) in [6.07, 6.45) is 7.72. The predicted molar refractivity (Wildman–Crippen MR) is 112 cm³/mol. The minimum atomic E-state index is -0.0793. The van der Waals surface area contributed by atoms with E-state index in [-0.39, 0.29) is 11.3 Å². The largest absolute Gasteiger partial charge is 0.381 e. The van der Waals surface area contributed by atoms with Crippen molar-refractivity contribution in [3.05, 3.63) is 65.8 Å². The van der Waals surface area contributed by atoms with Crippen molar-refractivity contribution in [3.8, 4) is 11.1 Å². The van der Waals surface area contributed by atoms with Crippen LogP contribution in [0.15, 0.2) is 53.3 Å². The minimum Gasteiger partial charge on any atom is -0.381 e. The monoisotopic (exact) mass is 401 g/mol. The van der Waals surface area contributed by atoms with Crippen LogP contribution in [-0.4, -0.2) is 35.8 Å². The lowest BCUT2D eigenvalue weighted by Crippen LogP contribution is -2.40. The summed E-state index contributed by atoms with van der Waals surface area (Å²) in [4.78, 5) is 19.6. The van der Waals surface area contributed by atoms with Crippen molar-refractivity contribution in [2.75, 3.05) is 24.7 Å². The van der Waals surface area contributed by atoms with Crippen molar-refractivity contribution >= 4 is 11.6 Å². The van der Waals surface area contributed by atoms with Crippen LogP contribution >= 0.6 is 0 Å². The van der Waals surface area contributed by atoms with E-state index >= 15 is 0 Å². The summed E-state index contributed by atoms with van der Waals surface area (Å²) in [6, 6.07) is 12.2. The van der Waals surface area contributed by atoms with Crippen LogP contribution in [0.5, 0.6) is 0 Å². The fourth-order valence-corrected chi connectivity index (χ4v) is 4.84. The van der Waals surface area contributed by atoms with Crippen LogP contribution in [0, 0.1) is 0 Å². The molecule has 6 heteroatoms. The first kappa shape index (κ1) is 17.8. The molecule has 1 aromatic carbocycles. The van der Waals surface area contributed by atoms with Crippen molar-refractivity contribution in [2.45, 2.75) is 37.0 Å². The Morgan fingerprint density at radius 3 is 2.73 bits per heavy atom. The Bertz CT molecular complexity index is 1100. The van der Waals surface area contributed by atoms with E-state index in [0.29, 0.717) is 31.4 Å². The Morgan fingerprint density at radius 1 is 1.10 bits per heavy atom. The van der Waals surface area contributed by atoms with Crippen molar-refractivity contribution in [1.29, 1.82) is 0 Å². The zero-order chi connectivity index (χ0) is 20.1. The minimum absolute atomic E-state index is 0.0788. The summed E-state index contributed by atoms with van der Waals surface area (Å²) in [7, 11) is 0.